The van der Waals surface area contributed by atoms with E-state index >= 15 is 0 Å². The Bertz CT molecular complexity index is 511. The molecule has 92 valence electrons. The lowest BCUT2D eigenvalue weighted by atomic mass is 10.2. The molecule has 3 rings (SSSR count). The summed E-state index contributed by atoms with van der Waals surface area (Å²) >= 11 is 0. The van der Waals surface area contributed by atoms with Crippen LogP contribution in [0.4, 0.5) is 0 Å². The van der Waals surface area contributed by atoms with Gasteiger partial charge in [0.05, 0.1) is 5.69 Å². The molecule has 0 radical (unpaired) electrons. The zero-order valence-electron chi connectivity index (χ0n) is 9.91. The first-order chi connectivity index (χ1) is 8.92. The molecule has 1 fully saturated rings. The summed E-state index contributed by atoms with van der Waals surface area (Å²) in [6.07, 6.45) is 6.25. The largest absolute Gasteiger partial charge is 0.473 e. The number of hydrogen-bond donors (Lipinski definition) is 1. The maximum Gasteiger partial charge on any atom is 0.214 e. The van der Waals surface area contributed by atoms with Gasteiger partial charge in [0.1, 0.15) is 12.4 Å². The highest BCUT2D eigenvalue weighted by Gasteiger charge is 2.16. The van der Waals surface area contributed by atoms with E-state index in [2.05, 4.69) is 20.3 Å². The summed E-state index contributed by atoms with van der Waals surface area (Å²) < 4.78 is 5.82. The van der Waals surface area contributed by atoms with Gasteiger partial charge in [0.2, 0.25) is 5.88 Å². The Morgan fingerprint density at radius 2 is 2.11 bits per heavy atom. The number of pyridine rings is 1. The van der Waals surface area contributed by atoms with Crippen molar-refractivity contribution < 1.29 is 4.74 Å². The highest BCUT2D eigenvalue weighted by molar-refractivity contribution is 5.56. The van der Waals surface area contributed by atoms with Gasteiger partial charge in [-0.25, -0.2) is 15.0 Å². The molecule has 0 spiro atoms. The topological polar surface area (TPSA) is 59.9 Å². The minimum atomic E-state index is 0.222. The Hall–Kier alpha value is -2.01. The molecule has 1 N–H and O–H groups in total. The molecule has 0 bridgehead atoms. The molecule has 5 nitrogen and oxygen atoms in total. The minimum absolute atomic E-state index is 0.222. The van der Waals surface area contributed by atoms with Crippen LogP contribution in [0.15, 0.2) is 36.9 Å². The van der Waals surface area contributed by atoms with E-state index in [9.17, 15) is 0 Å². The first-order valence-corrected chi connectivity index (χ1v) is 6.01. The quantitative estimate of drug-likeness (QED) is 0.878. The van der Waals surface area contributed by atoms with Gasteiger partial charge in [-0.2, -0.15) is 0 Å². The van der Waals surface area contributed by atoms with E-state index in [-0.39, 0.29) is 6.10 Å². The van der Waals surface area contributed by atoms with Crippen LogP contribution in [0, 0.1) is 0 Å². The van der Waals surface area contributed by atoms with Crippen molar-refractivity contribution in [1.29, 1.82) is 0 Å². The van der Waals surface area contributed by atoms with Crippen molar-refractivity contribution in [2.45, 2.75) is 12.5 Å². The van der Waals surface area contributed by atoms with Crippen molar-refractivity contribution in [3.63, 3.8) is 0 Å². The molecule has 2 aromatic heterocycles. The summed E-state index contributed by atoms with van der Waals surface area (Å²) in [6, 6.07) is 5.75. The Kier molecular flexibility index (Phi) is 3.14. The highest BCUT2D eigenvalue weighted by atomic mass is 16.5. The van der Waals surface area contributed by atoms with Crippen LogP contribution in [0.5, 0.6) is 5.88 Å². The maximum absolute atomic E-state index is 5.82. The van der Waals surface area contributed by atoms with E-state index in [1.165, 1.54) is 6.33 Å². The smallest absolute Gasteiger partial charge is 0.214 e. The molecular weight excluding hydrogens is 228 g/mol. The maximum atomic E-state index is 5.82. The van der Waals surface area contributed by atoms with Gasteiger partial charge in [-0.15, -0.1) is 0 Å². The van der Waals surface area contributed by atoms with Gasteiger partial charge in [0.25, 0.3) is 0 Å². The Balaban J connectivity index is 1.80. The number of aromatic nitrogens is 3. The van der Waals surface area contributed by atoms with Crippen LogP contribution in [-0.2, 0) is 0 Å². The monoisotopic (exact) mass is 242 g/mol. The van der Waals surface area contributed by atoms with Crippen LogP contribution < -0.4 is 10.1 Å². The molecular formula is C13H14N4O. The third-order valence-corrected chi connectivity index (χ3v) is 2.88. The minimum Gasteiger partial charge on any atom is -0.473 e. The Labute approximate surface area is 105 Å². The SMILES string of the molecule is c1cc(OC2CCNC2)nc(-c2cncnc2)c1. The van der Waals surface area contributed by atoms with E-state index in [4.69, 9.17) is 4.74 Å². The molecule has 1 unspecified atom stereocenters. The predicted octanol–water partition coefficient (Wildman–Crippen LogP) is 1.28. The molecule has 0 amide bonds. The van der Waals surface area contributed by atoms with Crippen LogP contribution >= 0.6 is 0 Å². The van der Waals surface area contributed by atoms with Crippen LogP contribution in [0.3, 0.4) is 0 Å². The summed E-state index contributed by atoms with van der Waals surface area (Å²) in [7, 11) is 0. The van der Waals surface area contributed by atoms with Crippen LogP contribution in [0.2, 0.25) is 0 Å². The molecule has 2 aromatic rings. The summed E-state index contributed by atoms with van der Waals surface area (Å²) in [4.78, 5) is 12.5. The fourth-order valence-corrected chi connectivity index (χ4v) is 1.97. The number of nitrogens with zero attached hydrogens (tertiary/aromatic N) is 3. The Morgan fingerprint density at radius 1 is 1.22 bits per heavy atom. The average molecular weight is 242 g/mol. The van der Waals surface area contributed by atoms with Gasteiger partial charge in [-0.05, 0) is 19.0 Å². The van der Waals surface area contributed by atoms with Gasteiger partial charge >= 0.3 is 0 Å². The summed E-state index contributed by atoms with van der Waals surface area (Å²) in [6.45, 7) is 1.90. The summed E-state index contributed by atoms with van der Waals surface area (Å²) in [5.41, 5.74) is 1.73. The van der Waals surface area contributed by atoms with Crippen LogP contribution in [0.25, 0.3) is 11.3 Å². The highest BCUT2D eigenvalue weighted by Crippen LogP contribution is 2.19. The third kappa shape index (κ3) is 2.46. The molecule has 1 saturated heterocycles. The van der Waals surface area contributed by atoms with Crippen molar-refractivity contribution in [1.82, 2.24) is 20.3 Å². The zero-order valence-corrected chi connectivity index (χ0v) is 9.91. The van der Waals surface area contributed by atoms with Crippen molar-refractivity contribution in [2.24, 2.45) is 0 Å². The van der Waals surface area contributed by atoms with Gasteiger partial charge in [-0.1, -0.05) is 6.07 Å². The first kappa shape index (κ1) is 11.1. The fraction of sp³-hybridized carbons (Fsp3) is 0.308. The van der Waals surface area contributed by atoms with E-state index in [1.807, 2.05) is 18.2 Å². The standard InChI is InChI=1S/C13H14N4O/c1-2-12(10-6-15-9-16-7-10)17-13(3-1)18-11-4-5-14-8-11/h1-3,6-7,9,11,14H,4-5,8H2. The average Bonchev–Trinajstić information content (AvgIpc) is 2.93. The van der Waals surface area contributed by atoms with E-state index in [0.717, 1.165) is 30.8 Å². The summed E-state index contributed by atoms with van der Waals surface area (Å²) in [5.74, 6) is 0.657. The van der Waals surface area contributed by atoms with Crippen molar-refractivity contribution >= 4 is 0 Å². The number of rotatable bonds is 3. The van der Waals surface area contributed by atoms with Gasteiger partial charge in [-0.3, -0.25) is 0 Å². The van der Waals surface area contributed by atoms with E-state index in [1.54, 1.807) is 12.4 Å². The van der Waals surface area contributed by atoms with Gasteiger partial charge in [0.15, 0.2) is 0 Å². The second-order valence-electron chi connectivity index (χ2n) is 4.22. The van der Waals surface area contributed by atoms with Crippen molar-refractivity contribution in [3.8, 4) is 17.1 Å². The molecule has 5 heteroatoms. The number of ether oxygens (including phenoxy) is 1. The van der Waals surface area contributed by atoms with E-state index < -0.39 is 0 Å². The first-order valence-electron chi connectivity index (χ1n) is 6.01. The number of hydrogen-bond acceptors (Lipinski definition) is 5. The molecule has 0 aliphatic carbocycles. The van der Waals surface area contributed by atoms with Crippen molar-refractivity contribution in [2.75, 3.05) is 13.1 Å². The Morgan fingerprint density at radius 3 is 2.89 bits per heavy atom. The molecule has 0 aromatic carbocycles. The zero-order chi connectivity index (χ0) is 12.2. The van der Waals surface area contributed by atoms with Gasteiger partial charge < -0.3 is 10.1 Å². The van der Waals surface area contributed by atoms with Gasteiger partial charge in [0, 0.05) is 30.6 Å². The second kappa shape index (κ2) is 5.10. The lowest BCUT2D eigenvalue weighted by Gasteiger charge is -2.12. The second-order valence-corrected chi connectivity index (χ2v) is 4.22. The normalized spacial score (nSPS) is 18.8. The molecule has 1 aliphatic heterocycles. The number of nitrogens with one attached hydrogen (secondary N) is 1. The molecule has 18 heavy (non-hydrogen) atoms. The summed E-state index contributed by atoms with van der Waals surface area (Å²) in [5, 5.41) is 3.27. The fourth-order valence-electron chi connectivity index (χ4n) is 1.97. The lowest BCUT2D eigenvalue weighted by Crippen LogP contribution is -2.20. The van der Waals surface area contributed by atoms with Crippen molar-refractivity contribution in [3.05, 3.63) is 36.9 Å². The predicted molar refractivity (Wildman–Crippen MR) is 67.2 cm³/mol. The van der Waals surface area contributed by atoms with Crippen LogP contribution in [0.1, 0.15) is 6.42 Å². The third-order valence-electron chi connectivity index (χ3n) is 2.88. The van der Waals surface area contributed by atoms with E-state index in [0.29, 0.717) is 5.88 Å². The lowest BCUT2D eigenvalue weighted by molar-refractivity contribution is 0.214. The van der Waals surface area contributed by atoms with Crippen LogP contribution in [-0.4, -0.2) is 34.1 Å². The molecule has 3 heterocycles. The molecule has 0 saturated carbocycles. The molecule has 1 aliphatic rings. The molecule has 1 atom stereocenters.